The van der Waals surface area contributed by atoms with E-state index in [4.69, 9.17) is 20.9 Å². The van der Waals surface area contributed by atoms with Crippen molar-refractivity contribution < 1.29 is 14.1 Å². The fourth-order valence-corrected chi connectivity index (χ4v) is 4.12. The zero-order valence-corrected chi connectivity index (χ0v) is 17.5. The van der Waals surface area contributed by atoms with Crippen LogP contribution in [0.15, 0.2) is 40.9 Å². The molecule has 29 heavy (non-hydrogen) atoms. The summed E-state index contributed by atoms with van der Waals surface area (Å²) >= 11 is 6.01. The summed E-state index contributed by atoms with van der Waals surface area (Å²) in [4.78, 5) is 13.2. The van der Waals surface area contributed by atoms with Crippen molar-refractivity contribution in [3.05, 3.63) is 69.7 Å². The van der Waals surface area contributed by atoms with Crippen LogP contribution >= 0.6 is 11.6 Å². The van der Waals surface area contributed by atoms with Gasteiger partial charge >= 0.3 is 0 Å². The SMILES string of the molecule is Cc1cc(-n2c(C)cc(C(=O)NC3(Cc4ccc(Cl)cc4)CCOC3)c2C)no1. The molecule has 4 rings (SSSR count). The number of carbonyl (C=O) groups is 1. The summed E-state index contributed by atoms with van der Waals surface area (Å²) in [6, 6.07) is 11.5. The first-order valence-corrected chi connectivity index (χ1v) is 10.0. The maximum absolute atomic E-state index is 13.2. The van der Waals surface area contributed by atoms with Gasteiger partial charge in [-0.1, -0.05) is 28.9 Å². The van der Waals surface area contributed by atoms with Gasteiger partial charge < -0.3 is 14.6 Å². The van der Waals surface area contributed by atoms with E-state index in [0.29, 0.717) is 36.0 Å². The van der Waals surface area contributed by atoms with Gasteiger partial charge in [-0.15, -0.1) is 0 Å². The number of nitrogens with one attached hydrogen (secondary N) is 1. The third-order valence-electron chi connectivity index (χ3n) is 5.46. The Hall–Kier alpha value is -2.57. The number of rotatable bonds is 5. The van der Waals surface area contributed by atoms with Crippen molar-refractivity contribution in [2.45, 2.75) is 39.2 Å². The van der Waals surface area contributed by atoms with E-state index in [1.807, 2.05) is 61.7 Å². The number of carbonyl (C=O) groups excluding carboxylic acids is 1. The van der Waals surface area contributed by atoms with Gasteiger partial charge in [0.15, 0.2) is 5.82 Å². The number of benzene rings is 1. The molecule has 1 fully saturated rings. The lowest BCUT2D eigenvalue weighted by Gasteiger charge is -2.29. The van der Waals surface area contributed by atoms with E-state index >= 15 is 0 Å². The highest BCUT2D eigenvalue weighted by Crippen LogP contribution is 2.27. The minimum absolute atomic E-state index is 0.107. The van der Waals surface area contributed by atoms with Crippen LogP contribution in [0.5, 0.6) is 0 Å². The standard InChI is InChI=1S/C22H24ClN3O3/c1-14-10-19(16(3)26(14)20-11-15(2)29-25-20)21(27)24-22(8-9-28-13-22)12-17-4-6-18(23)7-5-17/h4-7,10-11H,8-9,12-13H2,1-3H3,(H,24,27). The van der Waals surface area contributed by atoms with E-state index in [1.165, 1.54) is 0 Å². The molecular weight excluding hydrogens is 390 g/mol. The Labute approximate surface area is 174 Å². The molecule has 1 saturated heterocycles. The third kappa shape index (κ3) is 3.95. The van der Waals surface area contributed by atoms with E-state index in [1.54, 1.807) is 0 Å². The monoisotopic (exact) mass is 413 g/mol. The first-order chi connectivity index (χ1) is 13.9. The van der Waals surface area contributed by atoms with Crippen LogP contribution in [-0.2, 0) is 11.2 Å². The molecule has 0 bridgehead atoms. The molecule has 1 unspecified atom stereocenters. The van der Waals surface area contributed by atoms with Gasteiger partial charge in [0, 0.05) is 29.1 Å². The minimum Gasteiger partial charge on any atom is -0.379 e. The van der Waals surface area contributed by atoms with Crippen LogP contribution in [0.25, 0.3) is 5.82 Å². The predicted octanol–water partition coefficient (Wildman–Crippen LogP) is 4.18. The van der Waals surface area contributed by atoms with Crippen molar-refractivity contribution in [2.24, 2.45) is 0 Å². The zero-order valence-electron chi connectivity index (χ0n) is 16.8. The number of nitrogens with zero attached hydrogens (tertiary/aromatic N) is 2. The second kappa shape index (κ2) is 7.69. The summed E-state index contributed by atoms with van der Waals surface area (Å²) in [5.74, 6) is 1.30. The molecule has 6 nitrogen and oxygen atoms in total. The predicted molar refractivity (Wildman–Crippen MR) is 111 cm³/mol. The van der Waals surface area contributed by atoms with Crippen molar-refractivity contribution in [2.75, 3.05) is 13.2 Å². The summed E-state index contributed by atoms with van der Waals surface area (Å²) in [6.07, 6.45) is 1.46. The van der Waals surface area contributed by atoms with Crippen molar-refractivity contribution in [3.8, 4) is 5.82 Å². The third-order valence-corrected chi connectivity index (χ3v) is 5.71. The molecular formula is C22H24ClN3O3. The first kappa shape index (κ1) is 19.7. The van der Waals surface area contributed by atoms with Crippen LogP contribution in [0.2, 0.25) is 5.02 Å². The fraction of sp³-hybridized carbons (Fsp3) is 0.364. The molecule has 152 valence electrons. The van der Waals surface area contributed by atoms with Crippen molar-refractivity contribution in [1.29, 1.82) is 0 Å². The number of hydrogen-bond acceptors (Lipinski definition) is 4. The number of halogens is 1. The van der Waals surface area contributed by atoms with Gasteiger partial charge in [-0.25, -0.2) is 0 Å². The highest BCUT2D eigenvalue weighted by Gasteiger charge is 2.37. The maximum atomic E-state index is 13.2. The van der Waals surface area contributed by atoms with Crippen LogP contribution in [-0.4, -0.2) is 34.4 Å². The van der Waals surface area contributed by atoms with Crippen molar-refractivity contribution in [1.82, 2.24) is 15.0 Å². The van der Waals surface area contributed by atoms with Crippen LogP contribution in [0.1, 0.15) is 39.5 Å². The molecule has 3 heterocycles. The van der Waals surface area contributed by atoms with Gasteiger partial charge in [0.1, 0.15) is 5.76 Å². The second-order valence-electron chi connectivity index (χ2n) is 7.76. The van der Waals surface area contributed by atoms with Crippen molar-refractivity contribution in [3.63, 3.8) is 0 Å². The summed E-state index contributed by atoms with van der Waals surface area (Å²) in [5, 5.41) is 8.04. The van der Waals surface area contributed by atoms with Gasteiger partial charge in [0.05, 0.1) is 17.7 Å². The highest BCUT2D eigenvalue weighted by molar-refractivity contribution is 6.30. The molecule has 3 aromatic rings. The van der Waals surface area contributed by atoms with Gasteiger partial charge in [0.2, 0.25) is 0 Å². The van der Waals surface area contributed by atoms with E-state index in [0.717, 1.165) is 29.1 Å². The van der Waals surface area contributed by atoms with E-state index in [2.05, 4.69) is 10.5 Å². The molecule has 1 aliphatic heterocycles. The lowest BCUT2D eigenvalue weighted by molar-refractivity contribution is 0.0877. The first-order valence-electron chi connectivity index (χ1n) is 9.64. The Morgan fingerprint density at radius 2 is 2.00 bits per heavy atom. The van der Waals surface area contributed by atoms with Crippen LogP contribution in [0.4, 0.5) is 0 Å². The quantitative estimate of drug-likeness (QED) is 0.681. The average molecular weight is 414 g/mol. The Bertz CT molecular complexity index is 1030. The smallest absolute Gasteiger partial charge is 0.253 e. The molecule has 2 aromatic heterocycles. The van der Waals surface area contributed by atoms with Crippen LogP contribution < -0.4 is 5.32 Å². The Balaban J connectivity index is 1.59. The van der Waals surface area contributed by atoms with Crippen LogP contribution in [0, 0.1) is 20.8 Å². The van der Waals surface area contributed by atoms with Gasteiger partial charge in [0.25, 0.3) is 5.91 Å². The molecule has 7 heteroatoms. The van der Waals surface area contributed by atoms with Gasteiger partial charge in [-0.2, -0.15) is 0 Å². The molecule has 1 N–H and O–H groups in total. The maximum Gasteiger partial charge on any atom is 0.253 e. The minimum atomic E-state index is -0.433. The fourth-order valence-electron chi connectivity index (χ4n) is 3.99. The molecule has 0 saturated carbocycles. The summed E-state index contributed by atoms with van der Waals surface area (Å²) in [5.41, 5.74) is 3.07. The Morgan fingerprint density at radius 3 is 2.62 bits per heavy atom. The van der Waals surface area contributed by atoms with Crippen molar-refractivity contribution >= 4 is 17.5 Å². The number of ether oxygens (including phenoxy) is 1. The lowest BCUT2D eigenvalue weighted by Crippen LogP contribution is -2.50. The summed E-state index contributed by atoms with van der Waals surface area (Å²) in [7, 11) is 0. The van der Waals surface area contributed by atoms with E-state index in [9.17, 15) is 4.79 Å². The number of aryl methyl sites for hydroxylation is 2. The number of aromatic nitrogens is 2. The Kier molecular flexibility index (Phi) is 5.23. The number of amides is 1. The Morgan fingerprint density at radius 1 is 1.24 bits per heavy atom. The molecule has 1 amide bonds. The largest absolute Gasteiger partial charge is 0.379 e. The number of hydrogen-bond donors (Lipinski definition) is 1. The molecule has 0 spiro atoms. The molecule has 1 aliphatic rings. The summed E-state index contributed by atoms with van der Waals surface area (Å²) in [6.45, 7) is 6.84. The molecule has 1 atom stereocenters. The van der Waals surface area contributed by atoms with E-state index in [-0.39, 0.29) is 5.91 Å². The zero-order chi connectivity index (χ0) is 20.6. The highest BCUT2D eigenvalue weighted by atomic mass is 35.5. The molecule has 0 aliphatic carbocycles. The normalized spacial score (nSPS) is 18.9. The van der Waals surface area contributed by atoms with E-state index < -0.39 is 5.54 Å². The average Bonchev–Trinajstić information content (AvgIpc) is 3.37. The molecule has 1 aromatic carbocycles. The van der Waals surface area contributed by atoms with Gasteiger partial charge in [-0.3, -0.25) is 9.36 Å². The van der Waals surface area contributed by atoms with Gasteiger partial charge in [-0.05, 0) is 57.4 Å². The topological polar surface area (TPSA) is 69.3 Å². The van der Waals surface area contributed by atoms with Crippen LogP contribution in [0.3, 0.4) is 0 Å². The second-order valence-corrected chi connectivity index (χ2v) is 8.19. The summed E-state index contributed by atoms with van der Waals surface area (Å²) < 4.78 is 12.8. The molecule has 0 radical (unpaired) electrons. The lowest BCUT2D eigenvalue weighted by atomic mass is 9.89.